The molecule has 4 heteroatoms. The average Bonchev–Trinajstić information content (AvgIpc) is 2.38. The van der Waals surface area contributed by atoms with Crippen molar-refractivity contribution >= 4 is 34.7 Å². The van der Waals surface area contributed by atoms with Gasteiger partial charge in [-0.05, 0) is 30.7 Å². The van der Waals surface area contributed by atoms with E-state index in [1.165, 1.54) is 5.56 Å². The monoisotopic (exact) mass is 280 g/mol. The molecule has 0 N–H and O–H groups in total. The van der Waals surface area contributed by atoms with Crippen LogP contribution in [0.3, 0.4) is 0 Å². The number of pyridine rings is 1. The maximum Gasteiger partial charge on any atom is 0.151 e. The molecule has 0 unspecified atom stereocenters. The maximum absolute atomic E-state index is 6.22. The number of hydrogen-bond acceptors (Lipinski definition) is 2. The van der Waals surface area contributed by atoms with E-state index in [4.69, 9.17) is 23.2 Å². The summed E-state index contributed by atoms with van der Waals surface area (Å²) in [5.41, 5.74) is 3.19. The molecule has 0 saturated carbocycles. The van der Waals surface area contributed by atoms with E-state index in [0.717, 1.165) is 17.1 Å². The van der Waals surface area contributed by atoms with Crippen LogP contribution in [0.1, 0.15) is 11.1 Å². The van der Waals surface area contributed by atoms with Gasteiger partial charge in [0, 0.05) is 24.8 Å². The van der Waals surface area contributed by atoms with Gasteiger partial charge in [0.25, 0.3) is 0 Å². The van der Waals surface area contributed by atoms with Gasteiger partial charge in [-0.15, -0.1) is 11.6 Å². The van der Waals surface area contributed by atoms with Crippen LogP contribution in [-0.2, 0) is 5.88 Å². The molecule has 0 aliphatic carbocycles. The van der Waals surface area contributed by atoms with Gasteiger partial charge >= 0.3 is 0 Å². The van der Waals surface area contributed by atoms with E-state index in [1.54, 1.807) is 6.20 Å². The molecule has 0 bridgehead atoms. The summed E-state index contributed by atoms with van der Waals surface area (Å²) in [6.07, 6.45) is 1.75. The van der Waals surface area contributed by atoms with Gasteiger partial charge in [-0.3, -0.25) is 0 Å². The summed E-state index contributed by atoms with van der Waals surface area (Å²) in [4.78, 5) is 6.32. The van der Waals surface area contributed by atoms with E-state index in [9.17, 15) is 0 Å². The van der Waals surface area contributed by atoms with E-state index >= 15 is 0 Å². The summed E-state index contributed by atoms with van der Waals surface area (Å²) >= 11 is 12.0. The number of nitrogens with zero attached hydrogens (tertiary/aromatic N) is 2. The highest BCUT2D eigenvalue weighted by atomic mass is 35.5. The van der Waals surface area contributed by atoms with Crippen molar-refractivity contribution < 1.29 is 0 Å². The third-order valence-corrected chi connectivity index (χ3v) is 3.36. The van der Waals surface area contributed by atoms with Gasteiger partial charge in [0.2, 0.25) is 0 Å². The molecule has 2 nitrogen and oxygen atoms in total. The predicted molar refractivity (Wildman–Crippen MR) is 78.0 cm³/mol. The Morgan fingerprint density at radius 3 is 2.44 bits per heavy atom. The number of aromatic nitrogens is 1. The lowest BCUT2D eigenvalue weighted by atomic mass is 10.2. The standard InChI is InChI=1S/C14H14Cl2N2/c1-10-3-5-12(6-4-10)18(2)14-13(16)7-11(8-15)9-17-14/h3-7,9H,8H2,1-2H3. The van der Waals surface area contributed by atoms with E-state index in [1.807, 2.05) is 30.1 Å². The van der Waals surface area contributed by atoms with E-state index in [-0.39, 0.29) is 0 Å². The second kappa shape index (κ2) is 5.59. The number of anilines is 2. The molecule has 0 spiro atoms. The van der Waals surface area contributed by atoms with Gasteiger partial charge in [-0.25, -0.2) is 4.98 Å². The normalized spacial score (nSPS) is 10.4. The van der Waals surface area contributed by atoms with Crippen molar-refractivity contribution in [3.63, 3.8) is 0 Å². The Kier molecular flexibility index (Phi) is 4.10. The topological polar surface area (TPSA) is 16.1 Å². The van der Waals surface area contributed by atoms with Gasteiger partial charge in [0.05, 0.1) is 5.02 Å². The maximum atomic E-state index is 6.22. The lowest BCUT2D eigenvalue weighted by molar-refractivity contribution is 1.11. The Balaban J connectivity index is 2.33. The zero-order valence-corrected chi connectivity index (χ0v) is 11.8. The minimum Gasteiger partial charge on any atom is -0.328 e. The number of aryl methyl sites for hydroxylation is 1. The molecule has 0 aliphatic rings. The molecule has 0 amide bonds. The Bertz CT molecular complexity index is 538. The molecule has 2 rings (SSSR count). The largest absolute Gasteiger partial charge is 0.328 e. The SMILES string of the molecule is Cc1ccc(N(C)c2ncc(CCl)cc2Cl)cc1. The van der Waals surface area contributed by atoms with Crippen LogP contribution < -0.4 is 4.90 Å². The van der Waals surface area contributed by atoms with E-state index in [2.05, 4.69) is 24.0 Å². The molecule has 0 saturated heterocycles. The quantitative estimate of drug-likeness (QED) is 0.767. The van der Waals surface area contributed by atoms with E-state index < -0.39 is 0 Å². The molecule has 1 aromatic carbocycles. The summed E-state index contributed by atoms with van der Waals surface area (Å²) < 4.78 is 0. The first-order chi connectivity index (χ1) is 8.61. The fraction of sp³-hybridized carbons (Fsp3) is 0.214. The van der Waals surface area contributed by atoms with Crippen LogP contribution in [-0.4, -0.2) is 12.0 Å². The first-order valence-corrected chi connectivity index (χ1v) is 6.54. The van der Waals surface area contributed by atoms with Crippen LogP contribution in [0.5, 0.6) is 0 Å². The molecular formula is C14H14Cl2N2. The van der Waals surface area contributed by atoms with Crippen LogP contribution in [0.2, 0.25) is 5.02 Å². The number of rotatable bonds is 3. The lowest BCUT2D eigenvalue weighted by Gasteiger charge is -2.20. The Morgan fingerprint density at radius 1 is 1.22 bits per heavy atom. The molecule has 0 radical (unpaired) electrons. The predicted octanol–water partition coefficient (Wildman–Crippen LogP) is 4.55. The number of benzene rings is 1. The highest BCUT2D eigenvalue weighted by Crippen LogP contribution is 2.29. The van der Waals surface area contributed by atoms with Crippen LogP contribution in [0.4, 0.5) is 11.5 Å². The van der Waals surface area contributed by atoms with Gasteiger partial charge in [0.15, 0.2) is 5.82 Å². The van der Waals surface area contributed by atoms with Crippen molar-refractivity contribution in [3.05, 3.63) is 52.7 Å². The second-order valence-electron chi connectivity index (χ2n) is 4.18. The summed E-state index contributed by atoms with van der Waals surface area (Å²) in [6, 6.07) is 10.1. The van der Waals surface area contributed by atoms with Gasteiger partial charge in [-0.2, -0.15) is 0 Å². The third kappa shape index (κ3) is 2.77. The summed E-state index contributed by atoms with van der Waals surface area (Å²) in [5.74, 6) is 1.15. The highest BCUT2D eigenvalue weighted by Gasteiger charge is 2.10. The molecule has 0 aliphatic heterocycles. The van der Waals surface area contributed by atoms with Gasteiger partial charge in [0.1, 0.15) is 0 Å². The van der Waals surface area contributed by atoms with Crippen LogP contribution in [0.25, 0.3) is 0 Å². The summed E-state index contributed by atoms with van der Waals surface area (Å²) in [5, 5.41) is 0.608. The highest BCUT2D eigenvalue weighted by molar-refractivity contribution is 6.33. The molecule has 1 heterocycles. The van der Waals surface area contributed by atoms with Crippen molar-refractivity contribution in [2.45, 2.75) is 12.8 Å². The fourth-order valence-corrected chi connectivity index (χ4v) is 2.14. The molecule has 1 aromatic heterocycles. The average molecular weight is 281 g/mol. The zero-order chi connectivity index (χ0) is 13.1. The zero-order valence-electron chi connectivity index (χ0n) is 10.3. The second-order valence-corrected chi connectivity index (χ2v) is 4.85. The Morgan fingerprint density at radius 2 is 1.89 bits per heavy atom. The molecule has 0 atom stereocenters. The van der Waals surface area contributed by atoms with Crippen molar-refractivity contribution in [2.75, 3.05) is 11.9 Å². The molecule has 18 heavy (non-hydrogen) atoms. The van der Waals surface area contributed by atoms with Crippen molar-refractivity contribution in [3.8, 4) is 0 Å². The summed E-state index contributed by atoms with van der Waals surface area (Å²) in [7, 11) is 1.94. The lowest BCUT2D eigenvalue weighted by Crippen LogP contribution is -2.11. The Hall–Kier alpha value is -1.25. The number of halogens is 2. The summed E-state index contributed by atoms with van der Waals surface area (Å²) in [6.45, 7) is 2.06. The number of alkyl halides is 1. The van der Waals surface area contributed by atoms with Crippen LogP contribution in [0, 0.1) is 6.92 Å². The molecular weight excluding hydrogens is 267 g/mol. The first kappa shape index (κ1) is 13.2. The van der Waals surface area contributed by atoms with Gasteiger partial charge < -0.3 is 4.90 Å². The van der Waals surface area contributed by atoms with Crippen molar-refractivity contribution in [2.24, 2.45) is 0 Å². The Labute approximate surface area is 117 Å². The van der Waals surface area contributed by atoms with Crippen molar-refractivity contribution in [1.82, 2.24) is 4.98 Å². The van der Waals surface area contributed by atoms with Crippen molar-refractivity contribution in [1.29, 1.82) is 0 Å². The minimum atomic E-state index is 0.418. The fourth-order valence-electron chi connectivity index (χ4n) is 1.68. The van der Waals surface area contributed by atoms with Crippen LogP contribution >= 0.6 is 23.2 Å². The minimum absolute atomic E-state index is 0.418. The third-order valence-electron chi connectivity index (χ3n) is 2.77. The van der Waals surface area contributed by atoms with Gasteiger partial charge in [-0.1, -0.05) is 29.3 Å². The smallest absolute Gasteiger partial charge is 0.151 e. The van der Waals surface area contributed by atoms with E-state index in [0.29, 0.717) is 10.9 Å². The molecule has 0 fully saturated rings. The number of hydrogen-bond donors (Lipinski definition) is 0. The molecule has 2 aromatic rings. The molecule has 94 valence electrons. The first-order valence-electron chi connectivity index (χ1n) is 5.62. The van der Waals surface area contributed by atoms with Crippen LogP contribution in [0.15, 0.2) is 36.5 Å².